The number of fused-ring (bicyclic) bond motifs is 1. The van der Waals surface area contributed by atoms with E-state index in [0.717, 1.165) is 11.3 Å². The van der Waals surface area contributed by atoms with Crippen molar-refractivity contribution in [3.63, 3.8) is 0 Å². The number of rotatable bonds is 7. The summed E-state index contributed by atoms with van der Waals surface area (Å²) in [6, 6.07) is 14.6. The molecule has 1 aliphatic rings. The number of nitrogens with one attached hydrogen (secondary N) is 1. The van der Waals surface area contributed by atoms with Crippen LogP contribution in [0.4, 0.5) is 0 Å². The highest BCUT2D eigenvalue weighted by Gasteiger charge is 2.26. The number of amides is 1. The van der Waals surface area contributed by atoms with Crippen LogP contribution in [0, 0.1) is 0 Å². The quantitative estimate of drug-likeness (QED) is 0.430. The number of ether oxygens (including phenoxy) is 1. The molecule has 1 aliphatic heterocycles. The molecule has 3 aromatic heterocycles. The Morgan fingerprint density at radius 3 is 2.75 bits per heavy atom. The van der Waals surface area contributed by atoms with E-state index in [1.165, 1.54) is 13.2 Å². The van der Waals surface area contributed by atoms with Crippen LogP contribution in [0.25, 0.3) is 5.69 Å². The minimum absolute atomic E-state index is 0.170. The predicted octanol–water partition coefficient (Wildman–Crippen LogP) is 3.18. The van der Waals surface area contributed by atoms with E-state index in [0.29, 0.717) is 49.6 Å². The molecular weight excluding hydrogens is 458 g/mol. The Morgan fingerprint density at radius 2 is 2.00 bits per heavy atom. The second kappa shape index (κ2) is 10.2. The minimum atomic E-state index is -0.326. The van der Waals surface area contributed by atoms with Crippen molar-refractivity contribution in [2.75, 3.05) is 20.2 Å². The minimum Gasteiger partial charge on any atom is -0.496 e. The molecule has 1 N–H and O–H groups in total. The molecule has 9 heteroatoms. The van der Waals surface area contributed by atoms with Gasteiger partial charge in [-0.25, -0.2) is 4.68 Å². The van der Waals surface area contributed by atoms with Gasteiger partial charge in [-0.2, -0.15) is 5.10 Å². The summed E-state index contributed by atoms with van der Waals surface area (Å²) in [7, 11) is 1.48. The highest BCUT2D eigenvalue weighted by atomic mass is 16.5. The van der Waals surface area contributed by atoms with E-state index in [1.807, 2.05) is 60.4 Å². The fraction of sp³-hybridized carbons (Fsp3) is 0.296. The van der Waals surface area contributed by atoms with Crippen molar-refractivity contribution in [2.24, 2.45) is 0 Å². The molecule has 5 rings (SSSR count). The first kappa shape index (κ1) is 23.6. The first-order valence-electron chi connectivity index (χ1n) is 12.0. The molecule has 0 unspecified atom stereocenters. The molecule has 0 radical (unpaired) electrons. The molecule has 0 saturated carbocycles. The highest BCUT2D eigenvalue weighted by Crippen LogP contribution is 2.24. The lowest BCUT2D eigenvalue weighted by atomic mass is 10.1. The monoisotopic (exact) mass is 487 g/mol. The van der Waals surface area contributed by atoms with Crippen molar-refractivity contribution >= 4 is 5.91 Å². The zero-order chi connectivity index (χ0) is 25.1. The normalized spacial score (nSPS) is 14.6. The Balaban J connectivity index is 1.36. The van der Waals surface area contributed by atoms with Crippen molar-refractivity contribution in [2.45, 2.75) is 32.5 Å². The van der Waals surface area contributed by atoms with Gasteiger partial charge in [0.2, 0.25) is 0 Å². The maximum absolute atomic E-state index is 13.4. The Labute approximate surface area is 208 Å². The second-order valence-corrected chi connectivity index (χ2v) is 8.89. The SMILES string of the molecule is COc1cc(=O)n2c(c1C(=O)N[C@@H](C)c1ccco1)CCN(Cc1cnn(-c3ccccc3)c1)CC2. The molecule has 1 atom stereocenters. The van der Waals surface area contributed by atoms with Gasteiger partial charge in [0.1, 0.15) is 17.1 Å². The number of carbonyl (C=O) groups excluding carboxylic acids is 1. The summed E-state index contributed by atoms with van der Waals surface area (Å²) in [5.41, 5.74) is 3.00. The Kier molecular flexibility index (Phi) is 6.73. The summed E-state index contributed by atoms with van der Waals surface area (Å²) in [5.74, 6) is 0.647. The zero-order valence-electron chi connectivity index (χ0n) is 20.4. The number of nitrogens with zero attached hydrogens (tertiary/aromatic N) is 4. The van der Waals surface area contributed by atoms with Gasteiger partial charge >= 0.3 is 0 Å². The molecule has 1 aromatic carbocycles. The van der Waals surface area contributed by atoms with Crippen molar-refractivity contribution in [1.82, 2.24) is 24.6 Å². The topological polar surface area (TPSA) is 94.5 Å². The number of methoxy groups -OCH3 is 1. The van der Waals surface area contributed by atoms with Gasteiger partial charge in [-0.1, -0.05) is 18.2 Å². The van der Waals surface area contributed by atoms with Gasteiger partial charge in [-0.15, -0.1) is 0 Å². The Hall–Kier alpha value is -4.11. The average Bonchev–Trinajstić information content (AvgIpc) is 3.55. The molecule has 186 valence electrons. The fourth-order valence-corrected chi connectivity index (χ4v) is 4.66. The fourth-order valence-electron chi connectivity index (χ4n) is 4.66. The van der Waals surface area contributed by atoms with Crippen LogP contribution in [-0.2, 0) is 19.5 Å². The third kappa shape index (κ3) is 4.83. The first-order chi connectivity index (χ1) is 17.5. The van der Waals surface area contributed by atoms with Crippen LogP contribution in [-0.4, -0.2) is 45.4 Å². The van der Waals surface area contributed by atoms with Gasteiger partial charge in [0.15, 0.2) is 0 Å². The number of benzene rings is 1. The third-order valence-corrected chi connectivity index (χ3v) is 6.51. The number of carbonyl (C=O) groups is 1. The van der Waals surface area contributed by atoms with Gasteiger partial charge in [0.05, 0.1) is 31.3 Å². The van der Waals surface area contributed by atoms with Crippen molar-refractivity contribution in [1.29, 1.82) is 0 Å². The van der Waals surface area contributed by atoms with E-state index < -0.39 is 0 Å². The standard InChI is InChI=1S/C27H29N5O4/c1-19(23-9-6-14-36-23)29-27(34)26-22-10-11-30(12-13-31(22)25(33)15-24(26)35-2)17-20-16-28-32(18-20)21-7-4-3-5-8-21/h3-9,14-16,18-19H,10-13,17H2,1-2H3,(H,29,34)/t19-/m0/s1. The zero-order valence-corrected chi connectivity index (χ0v) is 20.4. The number of hydrogen-bond acceptors (Lipinski definition) is 6. The molecule has 36 heavy (non-hydrogen) atoms. The van der Waals surface area contributed by atoms with Crippen LogP contribution in [0.3, 0.4) is 0 Å². The summed E-state index contributed by atoms with van der Waals surface area (Å²) in [5, 5.41) is 7.48. The summed E-state index contributed by atoms with van der Waals surface area (Å²) >= 11 is 0. The molecule has 4 heterocycles. The lowest BCUT2D eigenvalue weighted by Gasteiger charge is -2.19. The lowest BCUT2D eigenvalue weighted by molar-refractivity contribution is 0.0930. The van der Waals surface area contributed by atoms with Gasteiger partial charge in [-0.3, -0.25) is 14.5 Å². The molecule has 1 amide bonds. The largest absolute Gasteiger partial charge is 0.496 e. The van der Waals surface area contributed by atoms with E-state index in [1.54, 1.807) is 16.9 Å². The number of para-hydroxylation sites is 1. The van der Waals surface area contributed by atoms with E-state index in [-0.39, 0.29) is 23.3 Å². The number of aromatic nitrogens is 3. The highest BCUT2D eigenvalue weighted by molar-refractivity contribution is 5.98. The van der Waals surface area contributed by atoms with Gasteiger partial charge in [0.25, 0.3) is 11.5 Å². The van der Waals surface area contributed by atoms with Crippen LogP contribution in [0.15, 0.2) is 76.4 Å². The molecular formula is C27H29N5O4. The van der Waals surface area contributed by atoms with Gasteiger partial charge in [-0.05, 0) is 31.2 Å². The molecule has 0 spiro atoms. The van der Waals surface area contributed by atoms with Crippen LogP contribution in [0.5, 0.6) is 5.75 Å². The number of furan rings is 1. The van der Waals surface area contributed by atoms with Crippen LogP contribution < -0.4 is 15.6 Å². The van der Waals surface area contributed by atoms with Crippen molar-refractivity contribution < 1.29 is 13.9 Å². The maximum Gasteiger partial charge on any atom is 0.257 e. The van der Waals surface area contributed by atoms with Crippen LogP contribution >= 0.6 is 0 Å². The molecule has 0 saturated heterocycles. The average molecular weight is 488 g/mol. The third-order valence-electron chi connectivity index (χ3n) is 6.51. The van der Waals surface area contributed by atoms with Gasteiger partial charge < -0.3 is 19.0 Å². The van der Waals surface area contributed by atoms with Crippen molar-refractivity contribution in [3.8, 4) is 11.4 Å². The Bertz CT molecular complexity index is 1390. The summed E-state index contributed by atoms with van der Waals surface area (Å²) < 4.78 is 14.5. The molecule has 4 aromatic rings. The van der Waals surface area contributed by atoms with E-state index in [2.05, 4.69) is 15.3 Å². The molecule has 0 bridgehead atoms. The maximum atomic E-state index is 13.4. The second-order valence-electron chi connectivity index (χ2n) is 8.89. The van der Waals surface area contributed by atoms with E-state index in [9.17, 15) is 9.59 Å². The Morgan fingerprint density at radius 1 is 1.17 bits per heavy atom. The first-order valence-corrected chi connectivity index (χ1v) is 12.0. The lowest BCUT2D eigenvalue weighted by Crippen LogP contribution is -2.32. The van der Waals surface area contributed by atoms with E-state index >= 15 is 0 Å². The predicted molar refractivity (Wildman–Crippen MR) is 134 cm³/mol. The van der Waals surface area contributed by atoms with E-state index in [4.69, 9.17) is 9.15 Å². The number of pyridine rings is 1. The van der Waals surface area contributed by atoms with Crippen molar-refractivity contribution in [3.05, 3.63) is 100 Å². The molecule has 0 fully saturated rings. The van der Waals surface area contributed by atoms with Gasteiger partial charge in [0, 0.05) is 56.1 Å². The smallest absolute Gasteiger partial charge is 0.257 e. The van der Waals surface area contributed by atoms with Crippen LogP contribution in [0.1, 0.15) is 40.3 Å². The summed E-state index contributed by atoms with van der Waals surface area (Å²) in [6.07, 6.45) is 6.01. The number of hydrogen-bond donors (Lipinski definition) is 1. The summed E-state index contributed by atoms with van der Waals surface area (Å²) in [6.45, 7) is 4.41. The summed E-state index contributed by atoms with van der Waals surface area (Å²) in [4.78, 5) is 28.5. The molecule has 0 aliphatic carbocycles. The van der Waals surface area contributed by atoms with Crippen LogP contribution in [0.2, 0.25) is 0 Å². The molecule has 9 nitrogen and oxygen atoms in total.